The van der Waals surface area contributed by atoms with Crippen LogP contribution in [0.2, 0.25) is 5.02 Å². The van der Waals surface area contributed by atoms with E-state index in [9.17, 15) is 9.59 Å². The topological polar surface area (TPSA) is 84.7 Å². The van der Waals surface area contributed by atoms with Crippen LogP contribution in [0.15, 0.2) is 48.5 Å². The molecule has 2 aromatic carbocycles. The number of amides is 2. The smallest absolute Gasteiger partial charge is 0.258 e. The minimum absolute atomic E-state index is 0.0886. The Hall–Kier alpha value is -2.57. The molecule has 0 saturated carbocycles. The molecule has 6 nitrogen and oxygen atoms in total. The normalized spacial score (nSPS) is 16.9. The molecule has 142 valence electrons. The molecule has 1 heterocycles. The van der Waals surface area contributed by atoms with Crippen molar-refractivity contribution in [2.24, 2.45) is 5.73 Å². The number of benzene rings is 2. The zero-order valence-corrected chi connectivity index (χ0v) is 15.6. The number of carbonyl (C=O) groups excluding carboxylic acids is 2. The summed E-state index contributed by atoms with van der Waals surface area (Å²) in [7, 11) is 0. The van der Waals surface area contributed by atoms with Gasteiger partial charge < -0.3 is 15.8 Å². The fourth-order valence-corrected chi connectivity index (χ4v) is 3.34. The third-order valence-electron chi connectivity index (χ3n) is 4.45. The van der Waals surface area contributed by atoms with Gasteiger partial charge in [-0.05, 0) is 30.2 Å². The maximum Gasteiger partial charge on any atom is 0.258 e. The minimum atomic E-state index is -0.653. The van der Waals surface area contributed by atoms with E-state index < -0.39 is 5.91 Å². The lowest BCUT2D eigenvalue weighted by Crippen LogP contribution is -2.39. The fraction of sp³-hybridized carbons (Fsp3) is 0.300. The summed E-state index contributed by atoms with van der Waals surface area (Å²) >= 11 is 5.86. The molecule has 0 bridgehead atoms. The number of halogens is 1. The van der Waals surface area contributed by atoms with Gasteiger partial charge in [-0.25, -0.2) is 0 Å². The van der Waals surface area contributed by atoms with Crippen LogP contribution in [-0.4, -0.2) is 42.5 Å². The monoisotopic (exact) mass is 387 g/mol. The molecule has 1 unspecified atom stereocenters. The number of nitrogens with one attached hydrogen (secondary N) is 1. The molecule has 1 aliphatic heterocycles. The maximum atomic E-state index is 12.2. The molecular weight excluding hydrogens is 366 g/mol. The van der Waals surface area contributed by atoms with E-state index in [0.29, 0.717) is 5.02 Å². The van der Waals surface area contributed by atoms with E-state index in [1.165, 1.54) is 17.7 Å². The predicted octanol–water partition coefficient (Wildman–Crippen LogP) is 2.21. The molecule has 3 N–H and O–H groups in total. The Balaban J connectivity index is 1.47. The summed E-state index contributed by atoms with van der Waals surface area (Å²) in [5.74, 6) is -0.633. The third kappa shape index (κ3) is 5.45. The van der Waals surface area contributed by atoms with Crippen molar-refractivity contribution >= 4 is 23.4 Å². The second-order valence-corrected chi connectivity index (χ2v) is 7.00. The minimum Gasteiger partial charge on any atom is -0.483 e. The summed E-state index contributed by atoms with van der Waals surface area (Å²) < 4.78 is 5.46. The van der Waals surface area contributed by atoms with Gasteiger partial charge in [0.25, 0.3) is 11.8 Å². The van der Waals surface area contributed by atoms with E-state index in [4.69, 9.17) is 22.1 Å². The molecule has 1 saturated heterocycles. The van der Waals surface area contributed by atoms with E-state index in [-0.39, 0.29) is 29.9 Å². The summed E-state index contributed by atoms with van der Waals surface area (Å²) in [4.78, 5) is 26.0. The number of carbonyl (C=O) groups is 2. The van der Waals surface area contributed by atoms with Gasteiger partial charge in [0.1, 0.15) is 5.75 Å². The van der Waals surface area contributed by atoms with Crippen molar-refractivity contribution in [1.29, 1.82) is 0 Å². The number of nitrogens with zero attached hydrogens (tertiary/aromatic N) is 1. The van der Waals surface area contributed by atoms with E-state index in [1.54, 1.807) is 6.07 Å². The van der Waals surface area contributed by atoms with Crippen LogP contribution in [0.5, 0.6) is 5.75 Å². The molecule has 0 spiro atoms. The fourth-order valence-electron chi connectivity index (χ4n) is 3.17. The van der Waals surface area contributed by atoms with Crippen LogP contribution in [0.25, 0.3) is 0 Å². The number of hydrogen-bond acceptors (Lipinski definition) is 4. The predicted molar refractivity (Wildman–Crippen MR) is 104 cm³/mol. The van der Waals surface area contributed by atoms with Gasteiger partial charge in [0.05, 0.1) is 5.56 Å². The molecule has 1 aliphatic rings. The molecular formula is C20H22ClN3O3. The highest BCUT2D eigenvalue weighted by atomic mass is 35.5. The van der Waals surface area contributed by atoms with Gasteiger partial charge in [-0.3, -0.25) is 14.5 Å². The first-order chi connectivity index (χ1) is 13.0. The number of rotatable bonds is 7. The summed E-state index contributed by atoms with van der Waals surface area (Å²) in [6.45, 7) is 2.42. The third-order valence-corrected chi connectivity index (χ3v) is 4.69. The lowest BCUT2D eigenvalue weighted by molar-refractivity contribution is -0.123. The summed E-state index contributed by atoms with van der Waals surface area (Å²) in [6, 6.07) is 14.9. The highest BCUT2D eigenvalue weighted by Gasteiger charge is 2.24. The van der Waals surface area contributed by atoms with E-state index in [2.05, 4.69) is 22.3 Å². The molecule has 1 fully saturated rings. The molecule has 0 aliphatic carbocycles. The highest BCUT2D eigenvalue weighted by Crippen LogP contribution is 2.22. The van der Waals surface area contributed by atoms with Gasteiger partial charge in [-0.2, -0.15) is 0 Å². The van der Waals surface area contributed by atoms with Crippen LogP contribution in [0.4, 0.5) is 0 Å². The van der Waals surface area contributed by atoms with Crippen molar-refractivity contribution in [3.8, 4) is 5.75 Å². The van der Waals surface area contributed by atoms with Crippen molar-refractivity contribution < 1.29 is 14.3 Å². The lowest BCUT2D eigenvalue weighted by atomic mass is 10.2. The van der Waals surface area contributed by atoms with Gasteiger partial charge in [-0.15, -0.1) is 0 Å². The molecule has 0 aromatic heterocycles. The first-order valence-corrected chi connectivity index (χ1v) is 9.17. The Labute approximate surface area is 163 Å². The maximum absolute atomic E-state index is 12.2. The number of primary amides is 1. The van der Waals surface area contributed by atoms with Crippen LogP contribution in [-0.2, 0) is 11.3 Å². The number of hydrogen-bond donors (Lipinski definition) is 2. The van der Waals surface area contributed by atoms with Crippen molar-refractivity contribution in [2.45, 2.75) is 19.0 Å². The number of ether oxygens (including phenoxy) is 1. The Bertz CT molecular complexity index is 813. The molecule has 1 atom stereocenters. The largest absolute Gasteiger partial charge is 0.483 e. The average Bonchev–Trinajstić information content (AvgIpc) is 3.08. The Morgan fingerprint density at radius 2 is 2.00 bits per heavy atom. The van der Waals surface area contributed by atoms with Crippen LogP contribution < -0.4 is 15.8 Å². The van der Waals surface area contributed by atoms with Gasteiger partial charge in [-0.1, -0.05) is 41.9 Å². The van der Waals surface area contributed by atoms with Crippen molar-refractivity contribution in [3.63, 3.8) is 0 Å². The second-order valence-electron chi connectivity index (χ2n) is 6.57. The highest BCUT2D eigenvalue weighted by molar-refractivity contribution is 6.31. The Kier molecular flexibility index (Phi) is 6.32. The molecule has 2 amide bonds. The summed E-state index contributed by atoms with van der Waals surface area (Å²) in [5, 5.41) is 3.36. The van der Waals surface area contributed by atoms with Crippen LogP contribution in [0, 0.1) is 0 Å². The standard InChI is InChI=1S/C20H22ClN3O3/c21-15-6-7-18(17(10-15)20(22)26)27-13-19(25)23-16-8-9-24(12-16)11-14-4-2-1-3-5-14/h1-7,10,16H,8-9,11-13H2,(H2,22,26)(H,23,25). The number of nitrogens with two attached hydrogens (primary N) is 1. The van der Waals surface area contributed by atoms with Crippen LogP contribution >= 0.6 is 11.6 Å². The summed E-state index contributed by atoms with van der Waals surface area (Å²) in [5.41, 5.74) is 6.73. The Morgan fingerprint density at radius 3 is 2.74 bits per heavy atom. The number of likely N-dealkylation sites (tertiary alicyclic amines) is 1. The molecule has 3 rings (SSSR count). The van der Waals surface area contributed by atoms with Crippen molar-refractivity contribution in [2.75, 3.05) is 19.7 Å². The molecule has 27 heavy (non-hydrogen) atoms. The van der Waals surface area contributed by atoms with Gasteiger partial charge in [0.15, 0.2) is 6.61 Å². The van der Waals surface area contributed by atoms with E-state index in [1.807, 2.05) is 18.2 Å². The van der Waals surface area contributed by atoms with Crippen molar-refractivity contribution in [1.82, 2.24) is 10.2 Å². The zero-order valence-electron chi connectivity index (χ0n) is 14.9. The van der Waals surface area contributed by atoms with Crippen LogP contribution in [0.1, 0.15) is 22.3 Å². The first-order valence-electron chi connectivity index (χ1n) is 8.79. The quantitative estimate of drug-likeness (QED) is 0.762. The Morgan fingerprint density at radius 1 is 1.22 bits per heavy atom. The van der Waals surface area contributed by atoms with E-state index in [0.717, 1.165) is 26.1 Å². The SMILES string of the molecule is NC(=O)c1cc(Cl)ccc1OCC(=O)NC1CCN(Cc2ccccc2)C1. The van der Waals surface area contributed by atoms with Crippen LogP contribution in [0.3, 0.4) is 0 Å². The van der Waals surface area contributed by atoms with Gasteiger partial charge in [0, 0.05) is 30.7 Å². The van der Waals surface area contributed by atoms with Gasteiger partial charge in [0.2, 0.25) is 0 Å². The first kappa shape index (κ1) is 19.2. The van der Waals surface area contributed by atoms with E-state index >= 15 is 0 Å². The van der Waals surface area contributed by atoms with Crippen molar-refractivity contribution in [3.05, 3.63) is 64.7 Å². The average molecular weight is 388 g/mol. The molecule has 2 aromatic rings. The molecule has 0 radical (unpaired) electrons. The summed E-state index contributed by atoms with van der Waals surface area (Å²) in [6.07, 6.45) is 0.895. The molecule has 7 heteroatoms. The lowest BCUT2D eigenvalue weighted by Gasteiger charge is -2.17. The van der Waals surface area contributed by atoms with Gasteiger partial charge >= 0.3 is 0 Å². The zero-order chi connectivity index (χ0) is 19.2. The second kappa shape index (κ2) is 8.88.